The van der Waals surface area contributed by atoms with Gasteiger partial charge in [-0.05, 0) is 48.4 Å². The first-order chi connectivity index (χ1) is 25.2. The van der Waals surface area contributed by atoms with Gasteiger partial charge in [0.05, 0.1) is 18.9 Å². The summed E-state index contributed by atoms with van der Waals surface area (Å²) in [5.41, 5.74) is 15.1. The maximum absolute atomic E-state index is 16.2. The van der Waals surface area contributed by atoms with E-state index in [0.717, 1.165) is 5.56 Å². The van der Waals surface area contributed by atoms with Gasteiger partial charge in [0, 0.05) is 40.6 Å². The van der Waals surface area contributed by atoms with Crippen LogP contribution in [0, 0.1) is 11.2 Å². The van der Waals surface area contributed by atoms with Crippen molar-refractivity contribution in [1.82, 2.24) is 9.97 Å². The Balaban J connectivity index is 0.000000476. The summed E-state index contributed by atoms with van der Waals surface area (Å²) < 4.78 is 91.1. The minimum Gasteiger partial charge on any atom is -0.485 e. The molecule has 1 fully saturated rings. The van der Waals surface area contributed by atoms with E-state index in [2.05, 4.69) is 10.3 Å². The van der Waals surface area contributed by atoms with E-state index < -0.39 is 42.1 Å². The summed E-state index contributed by atoms with van der Waals surface area (Å²) in [6.07, 6.45) is -7.36. The summed E-state index contributed by atoms with van der Waals surface area (Å²) >= 11 is 0. The highest BCUT2D eigenvalue weighted by Crippen LogP contribution is 2.35. The zero-order valence-corrected chi connectivity index (χ0v) is 28.0. The topological polar surface area (TPSA) is 227 Å². The maximum Gasteiger partial charge on any atom is 0.490 e. The SMILES string of the molecule is CCc1cc(O[C@H]2CCOC2)c(F)c(C(Nc2ccc(C(=N)N)cc2)c2nc(-c3ccccc3C(N)=O)c[nH]2)c1.O=C(O)C(F)(F)F.O=C(O)C(F)(F)F. The number of carboxylic acids is 2. The minimum atomic E-state index is -5.08. The van der Waals surface area contributed by atoms with Crippen molar-refractivity contribution in [3.05, 3.63) is 101 Å². The molecular weight excluding hydrogens is 737 g/mol. The number of alkyl halides is 6. The molecule has 5 rings (SSSR count). The zero-order chi connectivity index (χ0) is 40.4. The molecule has 13 nitrogen and oxygen atoms in total. The van der Waals surface area contributed by atoms with E-state index in [1.807, 2.05) is 6.92 Å². The minimum absolute atomic E-state index is 0.0498. The molecule has 1 aromatic heterocycles. The van der Waals surface area contributed by atoms with Gasteiger partial charge in [0.1, 0.15) is 23.8 Å². The van der Waals surface area contributed by atoms with Crippen LogP contribution in [0.5, 0.6) is 5.75 Å². The molecule has 1 saturated heterocycles. The van der Waals surface area contributed by atoms with E-state index in [4.69, 9.17) is 51.1 Å². The number of anilines is 1. The van der Waals surface area contributed by atoms with Crippen LogP contribution in [0.25, 0.3) is 11.3 Å². The maximum atomic E-state index is 16.2. The van der Waals surface area contributed by atoms with Crippen molar-refractivity contribution < 1.29 is 64.8 Å². The number of amides is 1. The van der Waals surface area contributed by atoms with Crippen molar-refractivity contribution in [3.8, 4) is 17.0 Å². The number of aromatic nitrogens is 2. The molecule has 0 spiro atoms. The molecule has 1 aliphatic rings. The number of ether oxygens (including phenoxy) is 2. The number of H-pyrrole nitrogens is 1. The van der Waals surface area contributed by atoms with Gasteiger partial charge in [-0.2, -0.15) is 26.3 Å². The molecule has 4 aromatic rings. The summed E-state index contributed by atoms with van der Waals surface area (Å²) in [6, 6.07) is 16.7. The normalized spacial score (nSPS) is 14.4. The van der Waals surface area contributed by atoms with Crippen molar-refractivity contribution in [2.45, 2.75) is 44.3 Å². The molecular formula is C34H33F7N6O7. The molecule has 0 bridgehead atoms. The largest absolute Gasteiger partial charge is 0.490 e. The number of hydrogen-bond donors (Lipinski definition) is 7. The number of halogens is 7. The number of nitrogen functional groups attached to an aromatic ring is 1. The number of hydrogen-bond acceptors (Lipinski definition) is 8. The van der Waals surface area contributed by atoms with E-state index >= 15 is 4.39 Å². The highest BCUT2D eigenvalue weighted by Gasteiger charge is 2.39. The van der Waals surface area contributed by atoms with Gasteiger partial charge in [-0.3, -0.25) is 10.2 Å². The lowest BCUT2D eigenvalue weighted by molar-refractivity contribution is -0.193. The predicted octanol–water partition coefficient (Wildman–Crippen LogP) is 5.80. The van der Waals surface area contributed by atoms with Crippen molar-refractivity contribution in [2.75, 3.05) is 18.5 Å². The lowest BCUT2D eigenvalue weighted by Crippen LogP contribution is -2.21. The number of carboxylic acid groups (broad SMARTS) is 2. The molecule has 0 saturated carbocycles. The van der Waals surface area contributed by atoms with Crippen LogP contribution in [0.15, 0.2) is 66.9 Å². The standard InChI is InChI=1S/C30H31FN6O3.2C2HF3O2/c1-2-17-13-23(26(31)25(14-17)40-20-11-12-39-16-20)27(36-19-9-7-18(8-10-19)28(32)33)30-35-15-24(37-30)21-5-3-4-6-22(21)29(34)38;2*3-2(4,5)1(6)7/h3-10,13-15,20,27,36H,2,11-12,16H2,1H3,(H3,32,33)(H2,34,38)(H,35,37);2*(H,6,7)/t20-,27?;;/m0../s1. The predicted molar refractivity (Wildman–Crippen MR) is 178 cm³/mol. The average Bonchev–Trinajstić information content (AvgIpc) is 3.81. The number of nitrogens with zero attached hydrogens (tertiary/aromatic N) is 1. The quantitative estimate of drug-likeness (QED) is 0.0583. The van der Waals surface area contributed by atoms with Gasteiger partial charge in [0.15, 0.2) is 11.6 Å². The second-order valence-electron chi connectivity index (χ2n) is 11.2. The Morgan fingerprint density at radius 2 is 1.61 bits per heavy atom. The molecule has 3 aromatic carbocycles. The molecule has 0 aliphatic carbocycles. The third kappa shape index (κ3) is 11.7. The van der Waals surface area contributed by atoms with Crippen LogP contribution in [0.3, 0.4) is 0 Å². The number of imidazole rings is 1. The van der Waals surface area contributed by atoms with Crippen LogP contribution in [0.4, 0.5) is 36.4 Å². The van der Waals surface area contributed by atoms with Gasteiger partial charge >= 0.3 is 24.3 Å². The van der Waals surface area contributed by atoms with E-state index in [0.29, 0.717) is 65.5 Å². The molecule has 54 heavy (non-hydrogen) atoms. The molecule has 1 unspecified atom stereocenters. The lowest BCUT2D eigenvalue weighted by atomic mass is 9.99. The molecule has 1 aliphatic heterocycles. The number of benzene rings is 3. The average molecular weight is 771 g/mol. The monoisotopic (exact) mass is 770 g/mol. The summed E-state index contributed by atoms with van der Waals surface area (Å²) in [4.78, 5) is 37.8. The van der Waals surface area contributed by atoms with Crippen LogP contribution in [0.2, 0.25) is 0 Å². The molecule has 290 valence electrons. The van der Waals surface area contributed by atoms with Crippen molar-refractivity contribution in [2.24, 2.45) is 11.5 Å². The van der Waals surface area contributed by atoms with Gasteiger partial charge in [-0.15, -0.1) is 0 Å². The van der Waals surface area contributed by atoms with Crippen LogP contribution in [-0.4, -0.2) is 75.5 Å². The van der Waals surface area contributed by atoms with Crippen molar-refractivity contribution in [3.63, 3.8) is 0 Å². The van der Waals surface area contributed by atoms with Gasteiger partial charge in [-0.1, -0.05) is 31.2 Å². The van der Waals surface area contributed by atoms with E-state index in [-0.39, 0.29) is 17.7 Å². The van der Waals surface area contributed by atoms with E-state index in [9.17, 15) is 31.1 Å². The fraction of sp³-hybridized carbons (Fsp3) is 0.265. The van der Waals surface area contributed by atoms with Crippen LogP contribution in [-0.2, 0) is 20.7 Å². The Kier molecular flexibility index (Phi) is 14.1. The van der Waals surface area contributed by atoms with E-state index in [1.54, 1.807) is 66.9 Å². The van der Waals surface area contributed by atoms with Crippen LogP contribution < -0.4 is 21.5 Å². The van der Waals surface area contributed by atoms with Gasteiger partial charge in [-0.25, -0.2) is 19.0 Å². The molecule has 2 heterocycles. The first kappa shape index (κ1) is 42.2. The highest BCUT2D eigenvalue weighted by atomic mass is 19.4. The van der Waals surface area contributed by atoms with Gasteiger partial charge < -0.3 is 41.5 Å². The first-order valence-corrected chi connectivity index (χ1v) is 15.5. The molecule has 2 atom stereocenters. The second kappa shape index (κ2) is 18.0. The second-order valence-corrected chi connectivity index (χ2v) is 11.2. The number of carbonyl (C=O) groups is 3. The highest BCUT2D eigenvalue weighted by molar-refractivity contribution is 5.99. The van der Waals surface area contributed by atoms with Crippen molar-refractivity contribution >= 4 is 29.4 Å². The fourth-order valence-corrected chi connectivity index (χ4v) is 4.71. The van der Waals surface area contributed by atoms with Crippen molar-refractivity contribution in [1.29, 1.82) is 5.41 Å². The number of rotatable bonds is 10. The summed E-state index contributed by atoms with van der Waals surface area (Å²) in [7, 11) is 0. The number of carbonyl (C=O) groups excluding carboxylic acids is 1. The Bertz CT molecular complexity index is 1920. The first-order valence-electron chi connectivity index (χ1n) is 15.5. The number of aromatic amines is 1. The number of nitrogens with one attached hydrogen (secondary N) is 3. The Labute approximate surface area is 301 Å². The van der Waals surface area contributed by atoms with Crippen LogP contribution >= 0.6 is 0 Å². The Morgan fingerprint density at radius 3 is 2.11 bits per heavy atom. The summed E-state index contributed by atoms with van der Waals surface area (Å²) in [6.45, 7) is 2.99. The Morgan fingerprint density at radius 1 is 1.02 bits per heavy atom. The number of amidine groups is 1. The molecule has 0 radical (unpaired) electrons. The molecule has 20 heteroatoms. The number of nitrogens with two attached hydrogens (primary N) is 2. The zero-order valence-electron chi connectivity index (χ0n) is 28.0. The number of primary amides is 1. The third-order valence-corrected chi connectivity index (χ3v) is 7.36. The number of aryl methyl sites for hydroxylation is 1. The van der Waals surface area contributed by atoms with Gasteiger partial charge in [0.25, 0.3) is 0 Å². The lowest BCUT2D eigenvalue weighted by Gasteiger charge is -2.22. The van der Waals surface area contributed by atoms with E-state index in [1.165, 1.54) is 0 Å². The van der Waals surface area contributed by atoms with Gasteiger partial charge in [0.2, 0.25) is 5.91 Å². The Hall–Kier alpha value is -6.18. The molecule has 1 amide bonds. The summed E-state index contributed by atoms with van der Waals surface area (Å²) in [5.74, 6) is -6.05. The van der Waals surface area contributed by atoms with Crippen LogP contribution in [0.1, 0.15) is 52.3 Å². The summed E-state index contributed by atoms with van der Waals surface area (Å²) in [5, 5.41) is 25.3. The smallest absolute Gasteiger partial charge is 0.485 e. The third-order valence-electron chi connectivity index (χ3n) is 7.36. The fourth-order valence-electron chi connectivity index (χ4n) is 4.71. The molecule has 9 N–H and O–H groups in total. The number of aliphatic carboxylic acids is 2.